The van der Waals surface area contributed by atoms with Gasteiger partial charge in [-0.15, -0.1) is 0 Å². The molecule has 0 spiro atoms. The molecule has 0 aliphatic rings. The molecule has 0 saturated carbocycles. The minimum Gasteiger partial charge on any atom is -0.495 e. The van der Waals surface area contributed by atoms with Crippen LogP contribution in [0.4, 0.5) is 11.4 Å². The van der Waals surface area contributed by atoms with E-state index in [2.05, 4.69) is 10.6 Å². The van der Waals surface area contributed by atoms with Crippen LogP contribution in [0.5, 0.6) is 5.75 Å². The maximum absolute atomic E-state index is 12.4. The molecule has 3 aromatic carbocycles. The molecule has 2 N–H and O–H groups in total. The van der Waals surface area contributed by atoms with Crippen LogP contribution in [0.2, 0.25) is 15.1 Å². The van der Waals surface area contributed by atoms with Crippen molar-refractivity contribution in [3.63, 3.8) is 0 Å². The second-order valence-corrected chi connectivity index (χ2v) is 7.60. The van der Waals surface area contributed by atoms with Crippen LogP contribution < -0.4 is 15.4 Å². The fourth-order valence-electron chi connectivity index (χ4n) is 2.79. The summed E-state index contributed by atoms with van der Waals surface area (Å²) in [5.41, 5.74) is 1.93. The van der Waals surface area contributed by atoms with Gasteiger partial charge in [-0.1, -0.05) is 53.0 Å². The van der Waals surface area contributed by atoms with Gasteiger partial charge in [-0.25, -0.2) is 0 Å². The quantitative estimate of drug-likeness (QED) is 0.397. The minimum absolute atomic E-state index is 0.344. The molecule has 158 valence electrons. The van der Waals surface area contributed by atoms with E-state index in [4.69, 9.17) is 39.5 Å². The fourth-order valence-corrected chi connectivity index (χ4v) is 3.60. The summed E-state index contributed by atoms with van der Waals surface area (Å²) >= 11 is 18.2. The Kier molecular flexibility index (Phi) is 7.58. The number of hydrogen-bond acceptors (Lipinski definition) is 3. The number of nitrogens with one attached hydrogen (secondary N) is 2. The van der Waals surface area contributed by atoms with Crippen LogP contribution >= 0.6 is 34.8 Å². The maximum Gasteiger partial charge on any atom is 0.257 e. The number of rotatable bonds is 6. The van der Waals surface area contributed by atoms with Crippen molar-refractivity contribution in [2.45, 2.75) is 0 Å². The van der Waals surface area contributed by atoms with Gasteiger partial charge in [-0.3, -0.25) is 9.59 Å². The fraction of sp³-hybridized carbons (Fsp3) is 0.0435. The van der Waals surface area contributed by atoms with E-state index in [0.717, 1.165) is 0 Å². The summed E-state index contributed by atoms with van der Waals surface area (Å²) in [7, 11) is 1.48. The lowest BCUT2D eigenvalue weighted by molar-refractivity contribution is -0.111. The molecule has 0 radical (unpaired) electrons. The highest BCUT2D eigenvalue weighted by Crippen LogP contribution is 2.33. The first-order chi connectivity index (χ1) is 14.9. The Hall–Kier alpha value is -2.99. The van der Waals surface area contributed by atoms with Crippen molar-refractivity contribution >= 4 is 64.1 Å². The average molecular weight is 476 g/mol. The molecule has 0 aliphatic carbocycles. The van der Waals surface area contributed by atoms with Gasteiger partial charge in [-0.2, -0.15) is 0 Å². The Bertz CT molecular complexity index is 1160. The molecule has 3 rings (SSSR count). The summed E-state index contributed by atoms with van der Waals surface area (Å²) in [4.78, 5) is 24.8. The zero-order valence-electron chi connectivity index (χ0n) is 16.3. The highest BCUT2D eigenvalue weighted by Gasteiger charge is 2.11. The van der Waals surface area contributed by atoms with Crippen molar-refractivity contribution < 1.29 is 14.3 Å². The molecule has 0 aromatic heterocycles. The number of hydrogen-bond donors (Lipinski definition) is 2. The summed E-state index contributed by atoms with van der Waals surface area (Å²) in [5.74, 6) is -0.314. The van der Waals surface area contributed by atoms with Crippen molar-refractivity contribution in [1.82, 2.24) is 0 Å². The van der Waals surface area contributed by atoms with Crippen LogP contribution in [-0.2, 0) is 4.79 Å². The van der Waals surface area contributed by atoms with E-state index in [1.165, 1.54) is 13.2 Å². The third-order valence-electron chi connectivity index (χ3n) is 4.16. The topological polar surface area (TPSA) is 67.4 Å². The largest absolute Gasteiger partial charge is 0.495 e. The molecule has 0 atom stereocenters. The van der Waals surface area contributed by atoms with Gasteiger partial charge in [0.05, 0.1) is 22.7 Å². The van der Waals surface area contributed by atoms with Crippen molar-refractivity contribution in [3.05, 3.63) is 92.9 Å². The number of ether oxygens (including phenoxy) is 1. The summed E-state index contributed by atoms with van der Waals surface area (Å²) in [6, 6.07) is 16.7. The first-order valence-electron chi connectivity index (χ1n) is 9.05. The molecule has 0 saturated heterocycles. The zero-order chi connectivity index (χ0) is 22.4. The van der Waals surface area contributed by atoms with Gasteiger partial charge < -0.3 is 15.4 Å². The van der Waals surface area contributed by atoms with Gasteiger partial charge in [0, 0.05) is 28.0 Å². The Morgan fingerprint density at radius 2 is 1.58 bits per heavy atom. The van der Waals surface area contributed by atoms with Gasteiger partial charge in [-0.05, 0) is 48.5 Å². The van der Waals surface area contributed by atoms with E-state index in [9.17, 15) is 9.59 Å². The zero-order valence-corrected chi connectivity index (χ0v) is 18.6. The Labute approximate surface area is 194 Å². The molecule has 2 amide bonds. The van der Waals surface area contributed by atoms with Crippen LogP contribution in [0.25, 0.3) is 6.08 Å². The van der Waals surface area contributed by atoms with Crippen LogP contribution in [0, 0.1) is 0 Å². The lowest BCUT2D eigenvalue weighted by Crippen LogP contribution is -2.13. The molecule has 0 aliphatic heterocycles. The number of halogens is 3. The SMILES string of the molecule is COc1c(Cl)cc(Cl)cc1C=CC(=O)Nc1cccc(NC(=O)c2ccccc2Cl)c1. The smallest absolute Gasteiger partial charge is 0.257 e. The molecular weight excluding hydrogens is 459 g/mol. The van der Waals surface area contributed by atoms with E-state index in [-0.39, 0.29) is 11.8 Å². The van der Waals surface area contributed by atoms with Gasteiger partial charge in [0.2, 0.25) is 5.91 Å². The van der Waals surface area contributed by atoms with Crippen LogP contribution in [0.3, 0.4) is 0 Å². The first-order valence-corrected chi connectivity index (χ1v) is 10.2. The number of benzene rings is 3. The van der Waals surface area contributed by atoms with E-state index >= 15 is 0 Å². The van der Waals surface area contributed by atoms with E-state index < -0.39 is 0 Å². The van der Waals surface area contributed by atoms with Crippen LogP contribution in [0.1, 0.15) is 15.9 Å². The van der Waals surface area contributed by atoms with Gasteiger partial charge >= 0.3 is 0 Å². The standard InChI is InChI=1S/C23H17Cl3N2O3/c1-31-22-14(11-15(24)12-20(22)26)9-10-21(29)27-16-5-4-6-17(13-16)28-23(30)18-7-2-3-8-19(18)25/h2-13H,1H3,(H,27,29)(H,28,30). The van der Waals surface area contributed by atoms with E-state index in [1.807, 2.05) is 0 Å². The lowest BCUT2D eigenvalue weighted by atomic mass is 10.2. The molecule has 0 heterocycles. The van der Waals surface area contributed by atoms with Crippen molar-refractivity contribution in [1.29, 1.82) is 0 Å². The second kappa shape index (κ2) is 10.4. The third kappa shape index (κ3) is 6.01. The van der Waals surface area contributed by atoms with E-state index in [0.29, 0.717) is 43.3 Å². The predicted octanol–water partition coefficient (Wildman–Crippen LogP) is 6.56. The lowest BCUT2D eigenvalue weighted by Gasteiger charge is -2.09. The molecule has 31 heavy (non-hydrogen) atoms. The molecule has 5 nitrogen and oxygen atoms in total. The van der Waals surface area contributed by atoms with Gasteiger partial charge in [0.1, 0.15) is 5.75 Å². The summed E-state index contributed by atoms with van der Waals surface area (Å²) in [5, 5.41) is 6.61. The number of carbonyl (C=O) groups excluding carboxylic acids is 2. The van der Waals surface area contributed by atoms with Crippen LogP contribution in [0.15, 0.2) is 66.7 Å². The number of amides is 2. The Morgan fingerprint density at radius 3 is 2.29 bits per heavy atom. The van der Waals surface area contributed by atoms with Crippen molar-refractivity contribution in [3.8, 4) is 5.75 Å². The Balaban J connectivity index is 1.70. The average Bonchev–Trinajstić information content (AvgIpc) is 2.72. The molecule has 0 unspecified atom stereocenters. The molecule has 8 heteroatoms. The molecular formula is C23H17Cl3N2O3. The maximum atomic E-state index is 12.4. The van der Waals surface area contributed by atoms with Crippen molar-refractivity contribution in [2.24, 2.45) is 0 Å². The Morgan fingerprint density at radius 1 is 0.871 bits per heavy atom. The summed E-state index contributed by atoms with van der Waals surface area (Å²) < 4.78 is 5.26. The molecule has 0 bridgehead atoms. The summed E-state index contributed by atoms with van der Waals surface area (Å²) in [6.07, 6.45) is 2.88. The highest BCUT2D eigenvalue weighted by atomic mass is 35.5. The molecule has 3 aromatic rings. The second-order valence-electron chi connectivity index (χ2n) is 6.35. The number of carbonyl (C=O) groups is 2. The first kappa shape index (κ1) is 22.7. The molecule has 0 fully saturated rings. The minimum atomic E-state index is -0.382. The number of anilines is 2. The monoisotopic (exact) mass is 474 g/mol. The predicted molar refractivity (Wildman–Crippen MR) is 127 cm³/mol. The normalized spacial score (nSPS) is 10.7. The van der Waals surface area contributed by atoms with E-state index in [1.54, 1.807) is 66.7 Å². The highest BCUT2D eigenvalue weighted by molar-refractivity contribution is 6.36. The third-order valence-corrected chi connectivity index (χ3v) is 4.99. The van der Waals surface area contributed by atoms with Gasteiger partial charge in [0.15, 0.2) is 0 Å². The van der Waals surface area contributed by atoms with Gasteiger partial charge in [0.25, 0.3) is 5.91 Å². The number of methoxy groups -OCH3 is 1. The van der Waals surface area contributed by atoms with Crippen LogP contribution in [-0.4, -0.2) is 18.9 Å². The van der Waals surface area contributed by atoms with Crippen molar-refractivity contribution in [2.75, 3.05) is 17.7 Å². The summed E-state index contributed by atoms with van der Waals surface area (Å²) in [6.45, 7) is 0.